The number of pyridine rings is 1. The number of aromatic nitrogens is 4. The molecule has 1 saturated heterocycles. The highest BCUT2D eigenvalue weighted by atomic mass is 35.5. The molecule has 0 atom stereocenters. The minimum atomic E-state index is -0.484. The fourth-order valence-electron chi connectivity index (χ4n) is 4.06. The average molecular weight is 502 g/mol. The highest BCUT2D eigenvalue weighted by molar-refractivity contribution is 6.28. The summed E-state index contributed by atoms with van der Waals surface area (Å²) in [6, 6.07) is 3.96. The van der Waals surface area contributed by atoms with Gasteiger partial charge in [-0.2, -0.15) is 4.98 Å². The van der Waals surface area contributed by atoms with Crippen molar-refractivity contribution < 1.29 is 19.0 Å². The van der Waals surface area contributed by atoms with Crippen LogP contribution in [-0.4, -0.2) is 68.5 Å². The van der Waals surface area contributed by atoms with E-state index in [1.807, 2.05) is 57.6 Å². The molecule has 3 aromatic rings. The SMILES string of the molecule is Cc1cc(-c2nc(Cl)nc3c2ccn3C)cnc1OCCOC1CCN(C(=O)OC(C)(C)C)CC1. The van der Waals surface area contributed by atoms with Gasteiger partial charge in [-0.15, -0.1) is 0 Å². The van der Waals surface area contributed by atoms with Crippen LogP contribution in [0.2, 0.25) is 5.28 Å². The molecular weight excluding hydrogens is 470 g/mol. The van der Waals surface area contributed by atoms with E-state index in [2.05, 4.69) is 15.0 Å². The van der Waals surface area contributed by atoms with Crippen molar-refractivity contribution >= 4 is 28.7 Å². The van der Waals surface area contributed by atoms with Gasteiger partial charge in [0.15, 0.2) is 0 Å². The van der Waals surface area contributed by atoms with E-state index >= 15 is 0 Å². The molecule has 1 aliphatic heterocycles. The summed E-state index contributed by atoms with van der Waals surface area (Å²) < 4.78 is 19.2. The molecule has 0 bridgehead atoms. The molecule has 0 unspecified atom stereocenters. The molecule has 0 saturated carbocycles. The van der Waals surface area contributed by atoms with E-state index in [0.717, 1.165) is 40.7 Å². The standard InChI is InChI=1S/C25H32ClN5O4/c1-16-14-17(20-19-8-9-30(5)21(19)29-23(26)28-20)15-27-22(16)34-13-12-33-18-6-10-31(11-7-18)24(32)35-25(2,3)4/h8-9,14-15,18H,6-7,10-13H2,1-5H3. The maximum absolute atomic E-state index is 12.2. The van der Waals surface area contributed by atoms with Crippen LogP contribution in [0.25, 0.3) is 22.3 Å². The Kier molecular flexibility index (Phi) is 7.47. The smallest absolute Gasteiger partial charge is 0.410 e. The van der Waals surface area contributed by atoms with Crippen LogP contribution in [-0.2, 0) is 16.5 Å². The number of rotatable bonds is 6. The molecule has 10 heteroatoms. The highest BCUT2D eigenvalue weighted by Gasteiger charge is 2.27. The Hall–Kier alpha value is -2.91. The summed E-state index contributed by atoms with van der Waals surface area (Å²) in [4.78, 5) is 27.2. The van der Waals surface area contributed by atoms with Crippen molar-refractivity contribution in [3.05, 3.63) is 35.4 Å². The van der Waals surface area contributed by atoms with Crippen LogP contribution in [0.5, 0.6) is 5.88 Å². The van der Waals surface area contributed by atoms with Crippen molar-refractivity contribution in [2.75, 3.05) is 26.3 Å². The minimum Gasteiger partial charge on any atom is -0.475 e. The summed E-state index contributed by atoms with van der Waals surface area (Å²) in [5.74, 6) is 0.557. The molecule has 3 aromatic heterocycles. The molecular formula is C25H32ClN5O4. The number of carbonyl (C=O) groups excluding carboxylic acids is 1. The van der Waals surface area contributed by atoms with E-state index in [4.69, 9.17) is 25.8 Å². The zero-order valence-electron chi connectivity index (χ0n) is 20.9. The lowest BCUT2D eigenvalue weighted by Crippen LogP contribution is -2.43. The Morgan fingerprint density at radius 2 is 1.94 bits per heavy atom. The third-order valence-corrected chi connectivity index (χ3v) is 5.94. The Balaban J connectivity index is 1.27. The summed E-state index contributed by atoms with van der Waals surface area (Å²) >= 11 is 6.15. The molecule has 4 heterocycles. The topological polar surface area (TPSA) is 91.6 Å². The Bertz CT molecular complexity index is 1200. The van der Waals surface area contributed by atoms with Gasteiger partial charge in [-0.3, -0.25) is 0 Å². The predicted octanol–water partition coefficient (Wildman–Crippen LogP) is 4.79. The summed E-state index contributed by atoms with van der Waals surface area (Å²) in [6.45, 7) is 9.67. The summed E-state index contributed by atoms with van der Waals surface area (Å²) in [5, 5.41) is 1.11. The van der Waals surface area contributed by atoms with Crippen LogP contribution < -0.4 is 4.74 Å². The third-order valence-electron chi connectivity index (χ3n) is 5.77. The van der Waals surface area contributed by atoms with Crippen molar-refractivity contribution in [2.45, 2.75) is 52.2 Å². The monoisotopic (exact) mass is 501 g/mol. The van der Waals surface area contributed by atoms with Crippen molar-refractivity contribution in [2.24, 2.45) is 7.05 Å². The van der Waals surface area contributed by atoms with Gasteiger partial charge < -0.3 is 23.7 Å². The van der Waals surface area contributed by atoms with E-state index in [1.54, 1.807) is 11.1 Å². The van der Waals surface area contributed by atoms with Crippen LogP contribution in [0, 0.1) is 6.92 Å². The number of nitrogens with zero attached hydrogens (tertiary/aromatic N) is 5. The van der Waals surface area contributed by atoms with Gasteiger partial charge in [0.1, 0.15) is 17.9 Å². The number of ether oxygens (including phenoxy) is 3. The fraction of sp³-hybridized carbons (Fsp3) is 0.520. The molecule has 0 N–H and O–H groups in total. The number of amides is 1. The Labute approximate surface area is 210 Å². The lowest BCUT2D eigenvalue weighted by Gasteiger charge is -2.33. The molecule has 1 aliphatic rings. The number of piperidine rings is 1. The lowest BCUT2D eigenvalue weighted by molar-refractivity contribution is -0.0180. The second-order valence-corrected chi connectivity index (χ2v) is 10.1. The van der Waals surface area contributed by atoms with Crippen molar-refractivity contribution in [3.63, 3.8) is 0 Å². The lowest BCUT2D eigenvalue weighted by atomic mass is 10.1. The Morgan fingerprint density at radius 3 is 2.63 bits per heavy atom. The molecule has 35 heavy (non-hydrogen) atoms. The van der Waals surface area contributed by atoms with E-state index in [0.29, 0.717) is 32.2 Å². The maximum Gasteiger partial charge on any atom is 0.410 e. The number of hydrogen-bond acceptors (Lipinski definition) is 7. The van der Waals surface area contributed by atoms with E-state index in [9.17, 15) is 4.79 Å². The van der Waals surface area contributed by atoms with Crippen LogP contribution >= 0.6 is 11.6 Å². The molecule has 0 spiro atoms. The molecule has 9 nitrogen and oxygen atoms in total. The number of carbonyl (C=O) groups is 1. The zero-order chi connectivity index (χ0) is 25.2. The van der Waals surface area contributed by atoms with Crippen molar-refractivity contribution in [1.29, 1.82) is 0 Å². The number of halogens is 1. The molecule has 4 rings (SSSR count). The van der Waals surface area contributed by atoms with Crippen LogP contribution in [0.15, 0.2) is 24.5 Å². The number of hydrogen-bond donors (Lipinski definition) is 0. The molecule has 188 valence electrons. The van der Waals surface area contributed by atoms with Gasteiger partial charge in [0.2, 0.25) is 11.2 Å². The maximum atomic E-state index is 12.2. The summed E-state index contributed by atoms with van der Waals surface area (Å²) in [6.07, 6.45) is 5.06. The first-order chi connectivity index (χ1) is 16.6. The first-order valence-corrected chi connectivity index (χ1v) is 12.2. The predicted molar refractivity (Wildman–Crippen MR) is 134 cm³/mol. The number of likely N-dealkylation sites (tertiary alicyclic amines) is 1. The largest absolute Gasteiger partial charge is 0.475 e. The van der Waals surface area contributed by atoms with Gasteiger partial charge in [-0.25, -0.2) is 14.8 Å². The van der Waals surface area contributed by atoms with Crippen LogP contribution in [0.3, 0.4) is 0 Å². The Morgan fingerprint density at radius 1 is 1.20 bits per heavy atom. The third kappa shape index (κ3) is 6.21. The summed E-state index contributed by atoms with van der Waals surface area (Å²) in [5.41, 5.74) is 2.77. The quantitative estimate of drug-likeness (QED) is 0.354. The van der Waals surface area contributed by atoms with Gasteiger partial charge in [-0.1, -0.05) is 0 Å². The molecule has 1 amide bonds. The van der Waals surface area contributed by atoms with E-state index < -0.39 is 5.60 Å². The minimum absolute atomic E-state index is 0.101. The highest BCUT2D eigenvalue weighted by Crippen LogP contribution is 2.29. The number of aryl methyl sites for hydroxylation is 2. The second-order valence-electron chi connectivity index (χ2n) is 9.74. The number of fused-ring (bicyclic) bond motifs is 1. The van der Waals surface area contributed by atoms with E-state index in [1.165, 1.54) is 0 Å². The first kappa shape index (κ1) is 25.2. The zero-order valence-corrected chi connectivity index (χ0v) is 21.6. The summed E-state index contributed by atoms with van der Waals surface area (Å²) in [7, 11) is 1.92. The van der Waals surface area contributed by atoms with Crippen LogP contribution in [0.1, 0.15) is 39.2 Å². The average Bonchev–Trinajstić information content (AvgIpc) is 3.16. The molecule has 0 aromatic carbocycles. The molecule has 1 fully saturated rings. The van der Waals surface area contributed by atoms with Gasteiger partial charge in [-0.05, 0) is 64.3 Å². The van der Waals surface area contributed by atoms with Gasteiger partial charge in [0, 0.05) is 49.0 Å². The van der Waals surface area contributed by atoms with E-state index in [-0.39, 0.29) is 17.5 Å². The van der Waals surface area contributed by atoms with Crippen molar-refractivity contribution in [3.8, 4) is 17.1 Å². The first-order valence-electron chi connectivity index (χ1n) is 11.8. The van der Waals surface area contributed by atoms with Crippen molar-refractivity contribution in [1.82, 2.24) is 24.4 Å². The van der Waals surface area contributed by atoms with Crippen LogP contribution in [0.4, 0.5) is 4.79 Å². The second kappa shape index (κ2) is 10.4. The van der Waals surface area contributed by atoms with Gasteiger partial charge in [0.25, 0.3) is 0 Å². The van der Waals surface area contributed by atoms with Gasteiger partial charge >= 0.3 is 6.09 Å². The fourth-order valence-corrected chi connectivity index (χ4v) is 4.22. The normalized spacial score (nSPS) is 15.0. The molecule has 0 aliphatic carbocycles. The molecule has 0 radical (unpaired) electrons. The van der Waals surface area contributed by atoms with Gasteiger partial charge in [0.05, 0.1) is 18.4 Å².